The average Bonchev–Trinajstić information content (AvgIpc) is 2.31. The van der Waals surface area contributed by atoms with Gasteiger partial charge in [-0.15, -0.1) is 0 Å². The Balaban J connectivity index is 1.86. The van der Waals surface area contributed by atoms with E-state index in [1.165, 1.54) is 24.3 Å². The minimum Gasteiger partial charge on any atom is -0.426 e. The highest BCUT2D eigenvalue weighted by atomic mass is 32.2. The van der Waals surface area contributed by atoms with Crippen molar-refractivity contribution in [2.45, 2.75) is 43.6 Å². The highest BCUT2D eigenvalue weighted by Gasteiger charge is 2.38. The van der Waals surface area contributed by atoms with Gasteiger partial charge < -0.3 is 9.84 Å². The minimum absolute atomic E-state index is 0.186. The summed E-state index contributed by atoms with van der Waals surface area (Å²) >= 11 is 0. The fourth-order valence-electron chi connectivity index (χ4n) is 2.68. The standard InChI is InChI=1S/C15H20O6S/c1-15(2,17)9-10-7-11(8-10)14(16)21-12-3-5-13(6-4-12)22(18,19)20/h3-6,10-11,17H,7-9H2,1-2H3,(H,18,19,20). The van der Waals surface area contributed by atoms with Gasteiger partial charge >= 0.3 is 5.97 Å². The first-order valence-corrected chi connectivity index (χ1v) is 8.50. The summed E-state index contributed by atoms with van der Waals surface area (Å²) < 4.78 is 35.9. The number of hydrogen-bond donors (Lipinski definition) is 2. The molecule has 2 rings (SSSR count). The lowest BCUT2D eigenvalue weighted by atomic mass is 9.70. The number of ether oxygens (including phenoxy) is 1. The molecular formula is C15H20O6S. The molecule has 0 radical (unpaired) electrons. The van der Waals surface area contributed by atoms with Crippen molar-refractivity contribution in [3.05, 3.63) is 24.3 Å². The van der Waals surface area contributed by atoms with E-state index in [4.69, 9.17) is 9.29 Å². The fraction of sp³-hybridized carbons (Fsp3) is 0.533. The van der Waals surface area contributed by atoms with Crippen LogP contribution < -0.4 is 4.74 Å². The first-order valence-electron chi connectivity index (χ1n) is 7.06. The number of esters is 1. The minimum atomic E-state index is -4.25. The largest absolute Gasteiger partial charge is 0.426 e. The Labute approximate surface area is 129 Å². The molecule has 0 amide bonds. The molecule has 0 aromatic heterocycles. The van der Waals surface area contributed by atoms with Crippen LogP contribution >= 0.6 is 0 Å². The average molecular weight is 328 g/mol. The van der Waals surface area contributed by atoms with Gasteiger partial charge in [0.25, 0.3) is 10.1 Å². The molecule has 0 bridgehead atoms. The van der Waals surface area contributed by atoms with E-state index in [9.17, 15) is 18.3 Å². The number of carbonyl (C=O) groups is 1. The molecule has 1 aliphatic rings. The molecule has 2 N–H and O–H groups in total. The summed E-state index contributed by atoms with van der Waals surface area (Å²) in [6, 6.07) is 5.01. The van der Waals surface area contributed by atoms with Crippen LogP contribution in [-0.2, 0) is 14.9 Å². The maximum absolute atomic E-state index is 11.9. The van der Waals surface area contributed by atoms with Gasteiger partial charge in [0.2, 0.25) is 0 Å². The van der Waals surface area contributed by atoms with Crippen molar-refractivity contribution < 1.29 is 27.6 Å². The third kappa shape index (κ3) is 4.53. The van der Waals surface area contributed by atoms with Crippen molar-refractivity contribution in [3.63, 3.8) is 0 Å². The lowest BCUT2D eigenvalue weighted by molar-refractivity contribution is -0.144. The highest BCUT2D eigenvalue weighted by Crippen LogP contribution is 2.39. The number of carbonyl (C=O) groups excluding carboxylic acids is 1. The van der Waals surface area contributed by atoms with Gasteiger partial charge in [-0.1, -0.05) is 0 Å². The van der Waals surface area contributed by atoms with Gasteiger partial charge in [0.05, 0.1) is 16.4 Å². The molecular weight excluding hydrogens is 308 g/mol. The smallest absolute Gasteiger partial charge is 0.314 e. The van der Waals surface area contributed by atoms with Crippen molar-refractivity contribution in [1.29, 1.82) is 0 Å². The maximum atomic E-state index is 11.9. The van der Waals surface area contributed by atoms with Gasteiger partial charge in [-0.05, 0) is 63.3 Å². The predicted molar refractivity (Wildman–Crippen MR) is 79.0 cm³/mol. The molecule has 122 valence electrons. The third-order valence-electron chi connectivity index (χ3n) is 3.70. The summed E-state index contributed by atoms with van der Waals surface area (Å²) in [6.45, 7) is 3.49. The zero-order valence-corrected chi connectivity index (χ0v) is 13.3. The Morgan fingerprint density at radius 3 is 2.27 bits per heavy atom. The first kappa shape index (κ1) is 16.9. The van der Waals surface area contributed by atoms with Crippen LogP contribution in [0.25, 0.3) is 0 Å². The summed E-state index contributed by atoms with van der Waals surface area (Å²) in [5, 5.41) is 9.72. The Hall–Kier alpha value is -1.44. The second-order valence-corrected chi connectivity index (χ2v) is 7.84. The van der Waals surface area contributed by atoms with Crippen LogP contribution in [0.4, 0.5) is 0 Å². The van der Waals surface area contributed by atoms with E-state index in [0.29, 0.717) is 25.2 Å². The molecule has 0 spiro atoms. The Morgan fingerprint density at radius 2 is 1.82 bits per heavy atom. The molecule has 0 aliphatic heterocycles. The van der Waals surface area contributed by atoms with Crippen LogP contribution in [0.5, 0.6) is 5.75 Å². The first-order chi connectivity index (χ1) is 10.0. The van der Waals surface area contributed by atoms with E-state index >= 15 is 0 Å². The summed E-state index contributed by atoms with van der Waals surface area (Å²) in [7, 11) is -4.25. The van der Waals surface area contributed by atoms with E-state index < -0.39 is 15.7 Å². The van der Waals surface area contributed by atoms with Crippen molar-refractivity contribution in [2.24, 2.45) is 11.8 Å². The number of hydrogen-bond acceptors (Lipinski definition) is 5. The Morgan fingerprint density at radius 1 is 1.27 bits per heavy atom. The van der Waals surface area contributed by atoms with Crippen LogP contribution in [-0.4, -0.2) is 29.6 Å². The van der Waals surface area contributed by atoms with Crippen LogP contribution in [0.3, 0.4) is 0 Å². The molecule has 1 aromatic rings. The van der Waals surface area contributed by atoms with Crippen molar-refractivity contribution in [3.8, 4) is 5.75 Å². The molecule has 7 heteroatoms. The molecule has 1 aliphatic carbocycles. The Bertz CT molecular complexity index is 636. The summed E-state index contributed by atoms with van der Waals surface area (Å²) in [5.74, 6) is 0.0167. The van der Waals surface area contributed by atoms with Gasteiger partial charge in [0.15, 0.2) is 0 Å². The van der Waals surface area contributed by atoms with Crippen LogP contribution in [0, 0.1) is 11.8 Å². The molecule has 0 unspecified atom stereocenters. The SMILES string of the molecule is CC(C)(O)CC1CC(C(=O)Oc2ccc(S(=O)(=O)O)cc2)C1. The lowest BCUT2D eigenvalue weighted by Crippen LogP contribution is -2.37. The molecule has 0 atom stereocenters. The molecule has 22 heavy (non-hydrogen) atoms. The van der Waals surface area contributed by atoms with Crippen molar-refractivity contribution in [2.75, 3.05) is 0 Å². The molecule has 1 aromatic carbocycles. The van der Waals surface area contributed by atoms with E-state index in [-0.39, 0.29) is 22.5 Å². The molecule has 1 saturated carbocycles. The maximum Gasteiger partial charge on any atom is 0.314 e. The summed E-state index contributed by atoms with van der Waals surface area (Å²) in [4.78, 5) is 11.7. The van der Waals surface area contributed by atoms with Gasteiger partial charge in [-0.2, -0.15) is 8.42 Å². The number of benzene rings is 1. The van der Waals surface area contributed by atoms with Gasteiger partial charge in [0.1, 0.15) is 5.75 Å². The quantitative estimate of drug-likeness (QED) is 0.487. The molecule has 0 saturated heterocycles. The molecule has 0 heterocycles. The zero-order valence-electron chi connectivity index (χ0n) is 12.5. The zero-order chi connectivity index (χ0) is 16.5. The summed E-state index contributed by atoms with van der Waals surface area (Å²) in [6.07, 6.45) is 2.03. The van der Waals surface area contributed by atoms with E-state index in [2.05, 4.69) is 0 Å². The monoisotopic (exact) mass is 328 g/mol. The van der Waals surface area contributed by atoms with Crippen molar-refractivity contribution in [1.82, 2.24) is 0 Å². The van der Waals surface area contributed by atoms with Crippen LogP contribution in [0.1, 0.15) is 33.1 Å². The lowest BCUT2D eigenvalue weighted by Gasteiger charge is -2.36. The second-order valence-electron chi connectivity index (χ2n) is 6.42. The predicted octanol–water partition coefficient (Wildman–Crippen LogP) is 2.03. The Kier molecular flexibility index (Phi) is 4.60. The van der Waals surface area contributed by atoms with Gasteiger partial charge in [0, 0.05) is 0 Å². The topological polar surface area (TPSA) is 101 Å². The van der Waals surface area contributed by atoms with Gasteiger partial charge in [-0.25, -0.2) is 0 Å². The number of rotatable bonds is 5. The van der Waals surface area contributed by atoms with Crippen molar-refractivity contribution >= 4 is 16.1 Å². The summed E-state index contributed by atoms with van der Waals surface area (Å²) in [5.41, 5.74) is -0.731. The van der Waals surface area contributed by atoms with Gasteiger partial charge in [-0.3, -0.25) is 9.35 Å². The number of aliphatic hydroxyl groups is 1. The third-order valence-corrected chi connectivity index (χ3v) is 4.57. The normalized spacial score (nSPS) is 22.0. The van der Waals surface area contributed by atoms with E-state index in [0.717, 1.165) is 0 Å². The fourth-order valence-corrected chi connectivity index (χ4v) is 3.16. The van der Waals surface area contributed by atoms with E-state index in [1.54, 1.807) is 13.8 Å². The van der Waals surface area contributed by atoms with Crippen LogP contribution in [0.15, 0.2) is 29.2 Å². The second kappa shape index (κ2) is 5.98. The molecule has 6 nitrogen and oxygen atoms in total. The van der Waals surface area contributed by atoms with Crippen LogP contribution in [0.2, 0.25) is 0 Å². The van der Waals surface area contributed by atoms with E-state index in [1.807, 2.05) is 0 Å². The highest BCUT2D eigenvalue weighted by molar-refractivity contribution is 7.85. The molecule has 1 fully saturated rings.